The number of Topliss-reactive ketones (excluding diaryl/α,β-unsaturated/α-hetero) is 1. The molecule has 0 radical (unpaired) electrons. The Hall–Kier alpha value is -4.06. The van der Waals surface area contributed by atoms with Gasteiger partial charge in [-0.3, -0.25) is 9.36 Å². The summed E-state index contributed by atoms with van der Waals surface area (Å²) in [5, 5.41) is 5.26. The van der Waals surface area contributed by atoms with Crippen LogP contribution in [0, 0.1) is 13.8 Å². The molecule has 0 N–H and O–H groups in total. The molecule has 0 bridgehead atoms. The van der Waals surface area contributed by atoms with Gasteiger partial charge >= 0.3 is 5.69 Å². The highest BCUT2D eigenvalue weighted by Gasteiger charge is 2.24. The van der Waals surface area contributed by atoms with E-state index in [-0.39, 0.29) is 5.78 Å². The van der Waals surface area contributed by atoms with E-state index in [1.165, 1.54) is 9.08 Å². The maximum absolute atomic E-state index is 13.6. The van der Waals surface area contributed by atoms with E-state index >= 15 is 0 Å². The van der Waals surface area contributed by atoms with E-state index in [0.29, 0.717) is 22.6 Å². The second-order valence-electron chi connectivity index (χ2n) is 8.05. The van der Waals surface area contributed by atoms with Crippen LogP contribution >= 0.6 is 0 Å². The maximum Gasteiger partial charge on any atom is 0.351 e. The zero-order valence-corrected chi connectivity index (χ0v) is 18.1. The second kappa shape index (κ2) is 7.57. The number of benzene rings is 3. The van der Waals surface area contributed by atoms with Gasteiger partial charge in [0.25, 0.3) is 0 Å². The fourth-order valence-corrected chi connectivity index (χ4v) is 4.03. The predicted octanol–water partition coefficient (Wildman–Crippen LogP) is 4.77. The third kappa shape index (κ3) is 3.12. The molecule has 0 aliphatic heterocycles. The van der Waals surface area contributed by atoms with Gasteiger partial charge in [0.05, 0.1) is 11.6 Å². The molecule has 0 saturated carbocycles. The van der Waals surface area contributed by atoms with E-state index in [0.717, 1.165) is 22.1 Å². The molecule has 6 nitrogen and oxygen atoms in total. The molecule has 0 aliphatic carbocycles. The van der Waals surface area contributed by atoms with Crippen LogP contribution in [-0.4, -0.2) is 24.9 Å². The summed E-state index contributed by atoms with van der Waals surface area (Å²) in [5.74, 6) is 0.349. The van der Waals surface area contributed by atoms with Gasteiger partial charge in [-0.2, -0.15) is 4.52 Å². The topological polar surface area (TPSA) is 69.3 Å². The number of carbonyl (C=O) groups is 1. The molecule has 0 amide bonds. The van der Waals surface area contributed by atoms with Crippen LogP contribution in [-0.2, 0) is 0 Å². The third-order valence-corrected chi connectivity index (χ3v) is 5.99. The minimum Gasteiger partial charge on any atom is -0.292 e. The van der Waals surface area contributed by atoms with Crippen LogP contribution in [0.5, 0.6) is 0 Å². The van der Waals surface area contributed by atoms with Crippen LogP contribution in [0.25, 0.3) is 27.9 Å². The van der Waals surface area contributed by atoms with Gasteiger partial charge in [0.1, 0.15) is 0 Å². The Morgan fingerprint density at radius 2 is 1.62 bits per heavy atom. The highest BCUT2D eigenvalue weighted by Crippen LogP contribution is 2.24. The van der Waals surface area contributed by atoms with Gasteiger partial charge in [-0.15, -0.1) is 5.10 Å². The first-order valence-corrected chi connectivity index (χ1v) is 10.5. The van der Waals surface area contributed by atoms with Crippen LogP contribution < -0.4 is 5.69 Å². The lowest BCUT2D eigenvalue weighted by Gasteiger charge is -2.17. The molecule has 0 fully saturated rings. The number of fused-ring (bicyclic) bond motifs is 3. The Morgan fingerprint density at radius 1 is 0.906 bits per heavy atom. The van der Waals surface area contributed by atoms with Crippen molar-refractivity contribution in [3.8, 4) is 11.4 Å². The number of rotatable bonds is 4. The zero-order chi connectivity index (χ0) is 22.4. The Kier molecular flexibility index (Phi) is 4.70. The predicted molar refractivity (Wildman–Crippen MR) is 125 cm³/mol. The summed E-state index contributed by atoms with van der Waals surface area (Å²) >= 11 is 0. The van der Waals surface area contributed by atoms with Gasteiger partial charge in [-0.25, -0.2) is 9.78 Å². The first-order valence-electron chi connectivity index (χ1n) is 10.5. The first-order chi connectivity index (χ1) is 15.5. The molecular weight excluding hydrogens is 400 g/mol. The Bertz CT molecular complexity index is 1550. The van der Waals surface area contributed by atoms with Gasteiger partial charge < -0.3 is 0 Å². The lowest BCUT2D eigenvalue weighted by Crippen LogP contribution is -2.33. The van der Waals surface area contributed by atoms with Crippen molar-refractivity contribution >= 4 is 22.3 Å². The van der Waals surface area contributed by atoms with E-state index in [4.69, 9.17) is 0 Å². The average Bonchev–Trinajstić information content (AvgIpc) is 3.27. The second-order valence-corrected chi connectivity index (χ2v) is 8.05. The first kappa shape index (κ1) is 19.9. The quantitative estimate of drug-likeness (QED) is 0.391. The molecular formula is C26H22N4O2. The van der Waals surface area contributed by atoms with Crippen molar-refractivity contribution in [3.63, 3.8) is 0 Å². The number of aromatic nitrogens is 4. The number of ketones is 1. The maximum atomic E-state index is 13.6. The standard InChI is InChI=1S/C26H22N4O2/c1-16-13-14-20(15-17(16)2)23(31)18(3)29-22-12-8-7-11-21(22)25-27-24(28-30(25)26(29)32)19-9-5-4-6-10-19/h4-15,18H,1-3H3. The fraction of sp³-hybridized carbons (Fsp3) is 0.154. The summed E-state index contributed by atoms with van der Waals surface area (Å²) < 4.78 is 2.82. The molecule has 1 atom stereocenters. The van der Waals surface area contributed by atoms with Crippen molar-refractivity contribution in [2.24, 2.45) is 0 Å². The Balaban J connectivity index is 1.73. The third-order valence-electron chi connectivity index (χ3n) is 5.99. The summed E-state index contributed by atoms with van der Waals surface area (Å²) in [5.41, 5.74) is 4.31. The van der Waals surface area contributed by atoms with Gasteiger partial charge in [-0.05, 0) is 50.1 Å². The van der Waals surface area contributed by atoms with E-state index in [1.54, 1.807) is 6.92 Å². The molecule has 32 heavy (non-hydrogen) atoms. The van der Waals surface area contributed by atoms with Crippen LogP contribution in [0.2, 0.25) is 0 Å². The molecule has 5 aromatic rings. The Labute approximate surface area is 184 Å². The largest absolute Gasteiger partial charge is 0.351 e. The molecule has 5 rings (SSSR count). The van der Waals surface area contributed by atoms with Gasteiger partial charge in [0.2, 0.25) is 0 Å². The lowest BCUT2D eigenvalue weighted by molar-refractivity contribution is 0.0934. The van der Waals surface area contributed by atoms with Crippen LogP contribution in [0.1, 0.15) is 34.5 Å². The highest BCUT2D eigenvalue weighted by molar-refractivity contribution is 6.00. The van der Waals surface area contributed by atoms with Crippen LogP contribution in [0.4, 0.5) is 0 Å². The average molecular weight is 422 g/mol. The van der Waals surface area contributed by atoms with Crippen LogP contribution in [0.15, 0.2) is 77.6 Å². The molecule has 3 aromatic carbocycles. The minimum atomic E-state index is -0.705. The molecule has 0 spiro atoms. The number of hydrogen-bond acceptors (Lipinski definition) is 4. The number of nitrogens with zero attached hydrogens (tertiary/aromatic N) is 4. The van der Waals surface area contributed by atoms with Gasteiger partial charge in [-0.1, -0.05) is 54.6 Å². The van der Waals surface area contributed by atoms with Gasteiger partial charge in [0.15, 0.2) is 17.3 Å². The van der Waals surface area contributed by atoms with Crippen molar-refractivity contribution in [1.29, 1.82) is 0 Å². The summed E-state index contributed by atoms with van der Waals surface area (Å²) in [6.07, 6.45) is 0. The number of hydrogen-bond donors (Lipinski definition) is 0. The molecule has 6 heteroatoms. The molecule has 0 aliphatic rings. The molecule has 158 valence electrons. The van der Waals surface area contributed by atoms with E-state index < -0.39 is 11.7 Å². The lowest BCUT2D eigenvalue weighted by atomic mass is 10.00. The van der Waals surface area contributed by atoms with E-state index in [9.17, 15) is 9.59 Å². The van der Waals surface area contributed by atoms with E-state index in [2.05, 4.69) is 10.1 Å². The van der Waals surface area contributed by atoms with Gasteiger partial charge in [0, 0.05) is 16.5 Å². The normalized spacial score (nSPS) is 12.3. The number of carbonyl (C=O) groups excluding carboxylic acids is 1. The smallest absolute Gasteiger partial charge is 0.292 e. The minimum absolute atomic E-state index is 0.122. The number of aryl methyl sites for hydroxylation is 2. The van der Waals surface area contributed by atoms with Crippen molar-refractivity contribution in [2.75, 3.05) is 0 Å². The molecule has 2 aromatic heterocycles. The summed E-state index contributed by atoms with van der Waals surface area (Å²) in [7, 11) is 0. The summed E-state index contributed by atoms with van der Waals surface area (Å²) in [4.78, 5) is 31.6. The monoisotopic (exact) mass is 422 g/mol. The van der Waals surface area contributed by atoms with Crippen molar-refractivity contribution in [2.45, 2.75) is 26.8 Å². The van der Waals surface area contributed by atoms with Crippen molar-refractivity contribution in [1.82, 2.24) is 19.2 Å². The van der Waals surface area contributed by atoms with E-state index in [1.807, 2.05) is 86.6 Å². The fourth-order valence-electron chi connectivity index (χ4n) is 4.03. The summed E-state index contributed by atoms with van der Waals surface area (Å²) in [6, 6.07) is 22.0. The zero-order valence-electron chi connectivity index (χ0n) is 18.1. The van der Waals surface area contributed by atoms with Crippen molar-refractivity contribution < 1.29 is 4.79 Å². The molecule has 0 saturated heterocycles. The Morgan fingerprint density at radius 3 is 2.38 bits per heavy atom. The van der Waals surface area contributed by atoms with Crippen molar-refractivity contribution in [3.05, 3.63) is 100.0 Å². The SMILES string of the molecule is Cc1ccc(C(=O)C(C)n2c(=O)n3nc(-c4ccccc4)nc3c3ccccc32)cc1C. The highest BCUT2D eigenvalue weighted by atomic mass is 16.2. The molecule has 2 heterocycles. The number of para-hydroxylation sites is 1. The van der Waals surface area contributed by atoms with Crippen LogP contribution in [0.3, 0.4) is 0 Å². The molecule has 1 unspecified atom stereocenters. The summed E-state index contributed by atoms with van der Waals surface area (Å²) in [6.45, 7) is 5.74.